The predicted molar refractivity (Wildman–Crippen MR) is 53.5 cm³/mol. The highest BCUT2D eigenvalue weighted by Gasteiger charge is 2.21. The van der Waals surface area contributed by atoms with Gasteiger partial charge in [0.1, 0.15) is 5.82 Å². The van der Waals surface area contributed by atoms with Gasteiger partial charge in [0, 0.05) is 18.1 Å². The number of nitro benzene ring substituents is 1. The second kappa shape index (κ2) is 4.26. The van der Waals surface area contributed by atoms with Crippen LogP contribution in [0.2, 0.25) is 0 Å². The molecular formula is C8H6F2N2O2S. The van der Waals surface area contributed by atoms with E-state index in [-0.39, 0.29) is 11.4 Å². The number of nitrogens with zero attached hydrogens (tertiary/aromatic N) is 1. The summed E-state index contributed by atoms with van der Waals surface area (Å²) < 4.78 is 26.4. The average molecular weight is 232 g/mol. The highest BCUT2D eigenvalue weighted by atomic mass is 32.1. The molecule has 1 aromatic carbocycles. The van der Waals surface area contributed by atoms with Crippen molar-refractivity contribution in [2.45, 2.75) is 6.42 Å². The molecule has 1 rings (SSSR count). The van der Waals surface area contributed by atoms with Gasteiger partial charge in [-0.25, -0.2) is 4.39 Å². The van der Waals surface area contributed by atoms with E-state index in [1.54, 1.807) is 0 Å². The fraction of sp³-hybridized carbons (Fsp3) is 0.125. The molecule has 0 bridgehead atoms. The molecule has 0 aliphatic rings. The van der Waals surface area contributed by atoms with Crippen molar-refractivity contribution in [1.29, 1.82) is 0 Å². The molecular weight excluding hydrogens is 226 g/mol. The van der Waals surface area contributed by atoms with Crippen LogP contribution < -0.4 is 5.73 Å². The van der Waals surface area contributed by atoms with Crippen LogP contribution in [0.15, 0.2) is 12.1 Å². The minimum Gasteiger partial charge on any atom is -0.393 e. The normalized spacial score (nSPS) is 10.0. The first-order valence-corrected chi connectivity index (χ1v) is 4.24. The summed E-state index contributed by atoms with van der Waals surface area (Å²) in [7, 11) is 0. The van der Waals surface area contributed by atoms with Crippen LogP contribution >= 0.6 is 12.2 Å². The molecule has 0 aromatic heterocycles. The molecule has 2 N–H and O–H groups in total. The zero-order chi connectivity index (χ0) is 11.6. The molecule has 80 valence electrons. The van der Waals surface area contributed by atoms with Crippen LogP contribution in [-0.2, 0) is 6.42 Å². The van der Waals surface area contributed by atoms with Gasteiger partial charge in [0.2, 0.25) is 5.82 Å². The Hall–Kier alpha value is -1.63. The van der Waals surface area contributed by atoms with Crippen LogP contribution in [0.25, 0.3) is 0 Å². The Morgan fingerprint density at radius 1 is 1.53 bits per heavy atom. The van der Waals surface area contributed by atoms with Gasteiger partial charge >= 0.3 is 5.69 Å². The lowest BCUT2D eigenvalue weighted by molar-refractivity contribution is -0.387. The number of rotatable bonds is 3. The maximum Gasteiger partial charge on any atom is 0.305 e. The van der Waals surface area contributed by atoms with Crippen LogP contribution in [0.1, 0.15) is 5.56 Å². The fourth-order valence-electron chi connectivity index (χ4n) is 1.06. The first kappa shape index (κ1) is 11.4. The Kier molecular flexibility index (Phi) is 3.25. The second-order valence-corrected chi connectivity index (χ2v) is 3.28. The largest absolute Gasteiger partial charge is 0.393 e. The number of nitro groups is 1. The summed E-state index contributed by atoms with van der Waals surface area (Å²) in [6.07, 6.45) is -0.339. The Morgan fingerprint density at radius 3 is 2.60 bits per heavy atom. The summed E-state index contributed by atoms with van der Waals surface area (Å²) in [5, 5.41) is 10.4. The highest BCUT2D eigenvalue weighted by Crippen LogP contribution is 2.23. The third-order valence-corrected chi connectivity index (χ3v) is 1.86. The standard InChI is InChI=1S/C8H6F2N2O2S/c9-5-1-2-6(12(13)14)8(10)4(5)3-7(11)15/h1-2H,3H2,(H2,11,15). The van der Waals surface area contributed by atoms with E-state index >= 15 is 0 Å². The molecule has 0 aliphatic carbocycles. The van der Waals surface area contributed by atoms with Gasteiger partial charge in [-0.3, -0.25) is 10.1 Å². The zero-order valence-electron chi connectivity index (χ0n) is 7.37. The van der Waals surface area contributed by atoms with E-state index in [9.17, 15) is 18.9 Å². The topological polar surface area (TPSA) is 69.2 Å². The minimum atomic E-state index is -1.23. The zero-order valence-corrected chi connectivity index (χ0v) is 8.18. The van der Waals surface area contributed by atoms with Crippen LogP contribution in [0.4, 0.5) is 14.5 Å². The van der Waals surface area contributed by atoms with Crippen LogP contribution in [0.3, 0.4) is 0 Å². The highest BCUT2D eigenvalue weighted by molar-refractivity contribution is 7.80. The van der Waals surface area contributed by atoms with Crippen molar-refractivity contribution in [1.82, 2.24) is 0 Å². The lowest BCUT2D eigenvalue weighted by Gasteiger charge is -2.03. The Labute approximate surface area is 88.8 Å². The first-order valence-electron chi connectivity index (χ1n) is 3.83. The van der Waals surface area contributed by atoms with E-state index in [4.69, 9.17) is 5.73 Å². The van der Waals surface area contributed by atoms with Crippen LogP contribution in [-0.4, -0.2) is 9.91 Å². The SMILES string of the molecule is NC(=S)Cc1c(F)ccc([N+](=O)[O-])c1F. The molecule has 0 amide bonds. The molecule has 4 nitrogen and oxygen atoms in total. The van der Waals surface area contributed by atoms with Crippen molar-refractivity contribution in [2.24, 2.45) is 5.73 Å². The van der Waals surface area contributed by atoms with Gasteiger partial charge in [-0.1, -0.05) is 12.2 Å². The lowest BCUT2D eigenvalue weighted by Crippen LogP contribution is -2.14. The number of halogens is 2. The van der Waals surface area contributed by atoms with Gasteiger partial charge < -0.3 is 5.73 Å². The maximum atomic E-state index is 13.3. The molecule has 0 fully saturated rings. The van der Waals surface area contributed by atoms with E-state index in [2.05, 4.69) is 12.2 Å². The molecule has 15 heavy (non-hydrogen) atoms. The fourth-order valence-corrected chi connectivity index (χ4v) is 1.21. The molecule has 0 aliphatic heterocycles. The van der Waals surface area contributed by atoms with Crippen molar-refractivity contribution < 1.29 is 13.7 Å². The van der Waals surface area contributed by atoms with Crippen molar-refractivity contribution in [2.75, 3.05) is 0 Å². The molecule has 0 radical (unpaired) electrons. The van der Waals surface area contributed by atoms with Crippen molar-refractivity contribution in [3.63, 3.8) is 0 Å². The summed E-state index contributed by atoms with van der Waals surface area (Å²) in [6.45, 7) is 0. The summed E-state index contributed by atoms with van der Waals surface area (Å²) in [5.41, 5.74) is 3.85. The monoisotopic (exact) mass is 232 g/mol. The molecule has 0 atom stereocenters. The number of nitrogens with two attached hydrogens (primary N) is 1. The van der Waals surface area contributed by atoms with Gasteiger partial charge in [0.05, 0.1) is 9.91 Å². The molecule has 0 unspecified atom stereocenters. The van der Waals surface area contributed by atoms with E-state index in [1.165, 1.54) is 0 Å². The van der Waals surface area contributed by atoms with Gasteiger partial charge in [0.15, 0.2) is 0 Å². The van der Waals surface area contributed by atoms with E-state index < -0.39 is 27.8 Å². The van der Waals surface area contributed by atoms with E-state index in [1.807, 2.05) is 0 Å². The molecule has 0 saturated carbocycles. The molecule has 1 aromatic rings. The van der Waals surface area contributed by atoms with Gasteiger partial charge in [0.25, 0.3) is 0 Å². The second-order valence-electron chi connectivity index (χ2n) is 2.76. The van der Waals surface area contributed by atoms with Crippen LogP contribution in [0.5, 0.6) is 0 Å². The summed E-state index contributed by atoms with van der Waals surface area (Å²) in [5.74, 6) is -2.13. The summed E-state index contributed by atoms with van der Waals surface area (Å²) in [6, 6.07) is 1.57. The molecule has 0 spiro atoms. The molecule has 0 saturated heterocycles. The van der Waals surface area contributed by atoms with E-state index in [0.717, 1.165) is 12.1 Å². The first-order chi connectivity index (χ1) is 6.93. The minimum absolute atomic E-state index is 0.131. The predicted octanol–water partition coefficient (Wildman–Crippen LogP) is 1.70. The Bertz CT molecular complexity index is 437. The quantitative estimate of drug-likeness (QED) is 0.489. The number of thiocarbonyl (C=S) groups is 1. The Balaban J connectivity index is 3.29. The van der Waals surface area contributed by atoms with E-state index in [0.29, 0.717) is 0 Å². The average Bonchev–Trinajstić information content (AvgIpc) is 2.11. The summed E-state index contributed by atoms with van der Waals surface area (Å²) >= 11 is 4.48. The molecule has 0 heterocycles. The smallest absolute Gasteiger partial charge is 0.305 e. The van der Waals surface area contributed by atoms with Gasteiger partial charge in [-0.2, -0.15) is 4.39 Å². The number of hydrogen-bond acceptors (Lipinski definition) is 3. The lowest BCUT2D eigenvalue weighted by atomic mass is 10.1. The Morgan fingerprint density at radius 2 is 2.13 bits per heavy atom. The number of benzene rings is 1. The third kappa shape index (κ3) is 2.44. The van der Waals surface area contributed by atoms with Crippen LogP contribution in [0, 0.1) is 21.7 Å². The molecule has 7 heteroatoms. The summed E-state index contributed by atoms with van der Waals surface area (Å²) in [4.78, 5) is 9.29. The van der Waals surface area contributed by atoms with Gasteiger partial charge in [-0.15, -0.1) is 0 Å². The van der Waals surface area contributed by atoms with Crippen molar-refractivity contribution >= 4 is 22.9 Å². The third-order valence-electron chi connectivity index (χ3n) is 1.71. The van der Waals surface area contributed by atoms with Crippen molar-refractivity contribution in [3.8, 4) is 0 Å². The van der Waals surface area contributed by atoms with Crippen molar-refractivity contribution in [3.05, 3.63) is 39.4 Å². The van der Waals surface area contributed by atoms with Gasteiger partial charge in [-0.05, 0) is 6.07 Å². The maximum absolute atomic E-state index is 13.3. The number of hydrogen-bond donors (Lipinski definition) is 1.